The van der Waals surface area contributed by atoms with Crippen LogP contribution >= 0.6 is 0 Å². The zero-order chi connectivity index (χ0) is 19.5. The van der Waals surface area contributed by atoms with Gasteiger partial charge in [-0.3, -0.25) is 19.7 Å². The van der Waals surface area contributed by atoms with Gasteiger partial charge in [-0.15, -0.1) is 0 Å². The Morgan fingerprint density at radius 2 is 2.07 bits per heavy atom. The summed E-state index contributed by atoms with van der Waals surface area (Å²) in [6.07, 6.45) is 7.62. The van der Waals surface area contributed by atoms with E-state index in [1.165, 1.54) is 0 Å². The Labute approximate surface area is 163 Å². The van der Waals surface area contributed by atoms with Crippen molar-refractivity contribution in [2.45, 2.75) is 32.4 Å². The summed E-state index contributed by atoms with van der Waals surface area (Å²) in [4.78, 5) is 27.1. The molecule has 0 N–H and O–H groups in total. The lowest BCUT2D eigenvalue weighted by Gasteiger charge is -2.34. The van der Waals surface area contributed by atoms with Gasteiger partial charge in [0.15, 0.2) is 0 Å². The highest BCUT2D eigenvalue weighted by Gasteiger charge is 2.30. The van der Waals surface area contributed by atoms with Crippen LogP contribution in [0.2, 0.25) is 0 Å². The maximum absolute atomic E-state index is 14.2. The molecule has 6 heteroatoms. The number of rotatable bonds is 4. The molecular formula is C22H23FN4O. The smallest absolute Gasteiger partial charge is 0.228 e. The molecule has 0 spiro atoms. The van der Waals surface area contributed by atoms with Crippen LogP contribution in [0.5, 0.6) is 0 Å². The minimum absolute atomic E-state index is 0.0610. The Bertz CT molecular complexity index is 979. The maximum Gasteiger partial charge on any atom is 0.228 e. The standard InChI is InChI=1S/C22H23FN4O/c1-2-15-5-8-27(14-20(15)23)22(28)11-19-10-18-9-16(3-4-17(18)12-26-19)21-13-24-6-7-25-21/h3-4,6-7,9-10,12-13,15,20H,2,5,8,11,14H2,1H3/t15-,20-/m0/s1. The lowest BCUT2D eigenvalue weighted by molar-refractivity contribution is -0.133. The number of amides is 1. The van der Waals surface area contributed by atoms with Crippen LogP contribution < -0.4 is 0 Å². The molecule has 28 heavy (non-hydrogen) atoms. The van der Waals surface area contributed by atoms with Gasteiger partial charge >= 0.3 is 0 Å². The summed E-state index contributed by atoms with van der Waals surface area (Å²) in [5, 5.41) is 1.99. The monoisotopic (exact) mass is 378 g/mol. The molecule has 1 amide bonds. The van der Waals surface area contributed by atoms with Crippen LogP contribution in [0.25, 0.3) is 22.0 Å². The van der Waals surface area contributed by atoms with Gasteiger partial charge in [-0.05, 0) is 29.9 Å². The molecule has 0 aliphatic carbocycles. The zero-order valence-electron chi connectivity index (χ0n) is 15.9. The minimum Gasteiger partial charge on any atom is -0.339 e. The van der Waals surface area contributed by atoms with E-state index in [4.69, 9.17) is 0 Å². The topological polar surface area (TPSA) is 59.0 Å². The fourth-order valence-corrected chi connectivity index (χ4v) is 3.80. The molecule has 0 saturated carbocycles. The number of nitrogens with zero attached hydrogens (tertiary/aromatic N) is 4. The van der Waals surface area contributed by atoms with E-state index in [1.54, 1.807) is 29.7 Å². The third kappa shape index (κ3) is 3.86. The largest absolute Gasteiger partial charge is 0.339 e. The van der Waals surface area contributed by atoms with Gasteiger partial charge in [0.25, 0.3) is 0 Å². The third-order valence-electron chi connectivity index (χ3n) is 5.52. The second kappa shape index (κ2) is 8.00. The van der Waals surface area contributed by atoms with Gasteiger partial charge in [0.05, 0.1) is 30.6 Å². The molecule has 1 aromatic carbocycles. The SMILES string of the molecule is CC[C@H]1CCN(C(=O)Cc2cc3cc(-c4cnccn4)ccc3cn2)C[C@@H]1F. The Morgan fingerprint density at radius 3 is 2.82 bits per heavy atom. The first-order chi connectivity index (χ1) is 13.6. The molecule has 4 rings (SSSR count). The van der Waals surface area contributed by atoms with Crippen molar-refractivity contribution in [3.8, 4) is 11.3 Å². The number of halogens is 1. The molecule has 2 aromatic heterocycles. The molecule has 3 heterocycles. The number of benzene rings is 1. The number of fused-ring (bicyclic) bond motifs is 1. The van der Waals surface area contributed by atoms with Crippen LogP contribution in [-0.2, 0) is 11.2 Å². The first-order valence-electron chi connectivity index (χ1n) is 9.71. The summed E-state index contributed by atoms with van der Waals surface area (Å²) in [6, 6.07) is 7.93. The molecule has 3 aromatic rings. The highest BCUT2D eigenvalue weighted by molar-refractivity contribution is 5.87. The highest BCUT2D eigenvalue weighted by atomic mass is 19.1. The fraction of sp³-hybridized carbons (Fsp3) is 0.364. The molecule has 0 radical (unpaired) electrons. The van der Waals surface area contributed by atoms with Crippen molar-refractivity contribution < 1.29 is 9.18 Å². The number of likely N-dealkylation sites (tertiary alicyclic amines) is 1. The molecule has 1 saturated heterocycles. The number of pyridine rings is 1. The van der Waals surface area contributed by atoms with Crippen molar-refractivity contribution in [3.63, 3.8) is 0 Å². The van der Waals surface area contributed by atoms with E-state index >= 15 is 0 Å². The lowest BCUT2D eigenvalue weighted by Crippen LogP contribution is -2.45. The fourth-order valence-electron chi connectivity index (χ4n) is 3.80. The first kappa shape index (κ1) is 18.5. The number of aromatic nitrogens is 3. The molecule has 5 nitrogen and oxygen atoms in total. The van der Waals surface area contributed by atoms with E-state index in [2.05, 4.69) is 15.0 Å². The summed E-state index contributed by atoms with van der Waals surface area (Å²) < 4.78 is 14.2. The number of carbonyl (C=O) groups excluding carboxylic acids is 1. The average molecular weight is 378 g/mol. The minimum atomic E-state index is -0.929. The van der Waals surface area contributed by atoms with Gasteiger partial charge in [0, 0.05) is 36.1 Å². The predicted molar refractivity (Wildman–Crippen MR) is 106 cm³/mol. The van der Waals surface area contributed by atoms with Gasteiger partial charge in [0.1, 0.15) is 6.17 Å². The van der Waals surface area contributed by atoms with Crippen LogP contribution in [0.1, 0.15) is 25.5 Å². The maximum atomic E-state index is 14.2. The number of alkyl halides is 1. The van der Waals surface area contributed by atoms with Crippen molar-refractivity contribution in [1.82, 2.24) is 19.9 Å². The van der Waals surface area contributed by atoms with Crippen LogP contribution in [0, 0.1) is 5.92 Å². The van der Waals surface area contributed by atoms with E-state index in [0.29, 0.717) is 12.2 Å². The molecule has 2 atom stereocenters. The quantitative estimate of drug-likeness (QED) is 0.692. The summed E-state index contributed by atoms with van der Waals surface area (Å²) in [5.74, 6) is 0.0106. The Kier molecular flexibility index (Phi) is 5.28. The normalized spacial score (nSPS) is 19.7. The third-order valence-corrected chi connectivity index (χ3v) is 5.52. The summed E-state index contributed by atoms with van der Waals surface area (Å²) in [7, 11) is 0. The van der Waals surface area contributed by atoms with Gasteiger partial charge in [-0.1, -0.05) is 25.5 Å². The van der Waals surface area contributed by atoms with Gasteiger partial charge in [0.2, 0.25) is 5.91 Å². The molecule has 144 valence electrons. The molecule has 1 aliphatic heterocycles. The van der Waals surface area contributed by atoms with Crippen LogP contribution in [-0.4, -0.2) is 45.0 Å². The average Bonchev–Trinajstić information content (AvgIpc) is 2.73. The Morgan fingerprint density at radius 1 is 1.18 bits per heavy atom. The number of carbonyl (C=O) groups is 1. The Balaban J connectivity index is 1.52. The van der Waals surface area contributed by atoms with Crippen molar-refractivity contribution >= 4 is 16.7 Å². The molecular weight excluding hydrogens is 355 g/mol. The van der Waals surface area contributed by atoms with E-state index < -0.39 is 6.17 Å². The highest BCUT2D eigenvalue weighted by Crippen LogP contribution is 2.25. The second-order valence-electron chi connectivity index (χ2n) is 7.32. The van der Waals surface area contributed by atoms with E-state index in [0.717, 1.165) is 34.9 Å². The second-order valence-corrected chi connectivity index (χ2v) is 7.32. The van der Waals surface area contributed by atoms with Crippen molar-refractivity contribution in [2.24, 2.45) is 5.92 Å². The van der Waals surface area contributed by atoms with Gasteiger partial charge in [-0.25, -0.2) is 4.39 Å². The molecule has 1 aliphatic rings. The van der Waals surface area contributed by atoms with E-state index in [9.17, 15) is 9.18 Å². The zero-order valence-corrected chi connectivity index (χ0v) is 15.9. The van der Waals surface area contributed by atoms with E-state index in [-0.39, 0.29) is 24.8 Å². The molecule has 0 unspecified atom stereocenters. The predicted octanol–water partition coefficient (Wildman–Crippen LogP) is 3.83. The number of hydrogen-bond donors (Lipinski definition) is 0. The Hall–Kier alpha value is -2.89. The van der Waals surface area contributed by atoms with Gasteiger partial charge < -0.3 is 4.90 Å². The summed E-state index contributed by atoms with van der Waals surface area (Å²) in [5.41, 5.74) is 2.46. The molecule has 1 fully saturated rings. The first-order valence-corrected chi connectivity index (χ1v) is 9.71. The number of piperidine rings is 1. The van der Waals surface area contributed by atoms with Crippen molar-refractivity contribution in [2.75, 3.05) is 13.1 Å². The summed E-state index contributed by atoms with van der Waals surface area (Å²) >= 11 is 0. The number of hydrogen-bond acceptors (Lipinski definition) is 4. The van der Waals surface area contributed by atoms with Crippen LogP contribution in [0.15, 0.2) is 49.1 Å². The van der Waals surface area contributed by atoms with Gasteiger partial charge in [-0.2, -0.15) is 0 Å². The lowest BCUT2D eigenvalue weighted by atomic mass is 9.92. The van der Waals surface area contributed by atoms with Crippen molar-refractivity contribution in [1.29, 1.82) is 0 Å². The molecule has 0 bridgehead atoms. The van der Waals surface area contributed by atoms with Crippen LogP contribution in [0.4, 0.5) is 4.39 Å². The van der Waals surface area contributed by atoms with E-state index in [1.807, 2.05) is 31.2 Å². The van der Waals surface area contributed by atoms with Crippen LogP contribution in [0.3, 0.4) is 0 Å². The van der Waals surface area contributed by atoms with Crippen molar-refractivity contribution in [3.05, 3.63) is 54.7 Å². The summed E-state index contributed by atoms with van der Waals surface area (Å²) in [6.45, 7) is 2.83.